The van der Waals surface area contributed by atoms with Gasteiger partial charge in [0.15, 0.2) is 0 Å². The quantitative estimate of drug-likeness (QED) is 0.610. The Morgan fingerprint density at radius 3 is 2.58 bits per heavy atom. The molecule has 0 fully saturated rings. The summed E-state index contributed by atoms with van der Waals surface area (Å²) in [6, 6.07) is 20.4. The number of hydrogen-bond acceptors (Lipinski definition) is 3. The van der Waals surface area contributed by atoms with Gasteiger partial charge in [0.25, 0.3) is 0 Å². The highest BCUT2D eigenvalue weighted by Gasteiger charge is 2.14. The number of benzene rings is 1. The van der Waals surface area contributed by atoms with Gasteiger partial charge in [0.05, 0.1) is 5.69 Å². The Balaban J connectivity index is 1.80. The van der Waals surface area contributed by atoms with Gasteiger partial charge in [-0.15, -0.1) is 0 Å². The van der Waals surface area contributed by atoms with Crippen molar-refractivity contribution in [2.75, 3.05) is 5.32 Å². The lowest BCUT2D eigenvalue weighted by Gasteiger charge is -2.09. The molecule has 118 valence electrons. The third-order valence-corrected chi connectivity index (χ3v) is 3.98. The number of nitrogens with zero attached hydrogens (tertiary/aromatic N) is 3. The molecule has 3 heterocycles. The molecule has 0 aliphatic carbocycles. The molecule has 24 heavy (non-hydrogen) atoms. The number of aromatic nitrogens is 3. The van der Waals surface area contributed by atoms with Crippen molar-refractivity contribution in [3.8, 4) is 11.4 Å². The van der Waals surface area contributed by atoms with Gasteiger partial charge in [-0.05, 0) is 36.2 Å². The zero-order valence-corrected chi connectivity index (χ0v) is 13.5. The van der Waals surface area contributed by atoms with Crippen molar-refractivity contribution in [1.82, 2.24) is 14.4 Å². The summed E-state index contributed by atoms with van der Waals surface area (Å²) in [5, 5.41) is 3.54. The molecule has 0 atom stereocenters. The van der Waals surface area contributed by atoms with Crippen LogP contribution >= 0.6 is 0 Å². The molecule has 0 spiro atoms. The molecule has 1 N–H and O–H groups in total. The van der Waals surface area contributed by atoms with E-state index >= 15 is 0 Å². The highest BCUT2D eigenvalue weighted by atomic mass is 15.1. The maximum atomic E-state index is 4.77. The van der Waals surface area contributed by atoms with Crippen molar-refractivity contribution in [3.05, 3.63) is 84.2 Å². The number of fused-ring (bicyclic) bond motifs is 1. The number of aryl methyl sites for hydroxylation is 1. The number of anilines is 1. The van der Waals surface area contributed by atoms with Crippen molar-refractivity contribution in [2.24, 2.45) is 0 Å². The molecule has 0 saturated heterocycles. The smallest absolute Gasteiger partial charge is 0.140 e. The molecule has 0 unspecified atom stereocenters. The maximum Gasteiger partial charge on any atom is 0.140 e. The van der Waals surface area contributed by atoms with E-state index in [-0.39, 0.29) is 0 Å². The molecule has 0 bridgehead atoms. The van der Waals surface area contributed by atoms with Gasteiger partial charge in [0, 0.05) is 18.9 Å². The number of nitrogens with one attached hydrogen (secondary N) is 1. The lowest BCUT2D eigenvalue weighted by atomic mass is 10.2. The third-order valence-electron chi connectivity index (χ3n) is 3.98. The van der Waals surface area contributed by atoms with E-state index in [4.69, 9.17) is 4.98 Å². The first-order valence-corrected chi connectivity index (χ1v) is 7.99. The summed E-state index contributed by atoms with van der Waals surface area (Å²) in [6.45, 7) is 2.82. The summed E-state index contributed by atoms with van der Waals surface area (Å²) >= 11 is 0. The van der Waals surface area contributed by atoms with Crippen LogP contribution in [0.5, 0.6) is 0 Å². The molecule has 4 nitrogen and oxygen atoms in total. The summed E-state index contributed by atoms with van der Waals surface area (Å²) in [7, 11) is 0. The lowest BCUT2D eigenvalue weighted by molar-refractivity contribution is 1.07. The van der Waals surface area contributed by atoms with E-state index in [1.54, 1.807) is 6.20 Å². The fraction of sp³-hybridized carbons (Fsp3) is 0.100. The highest BCUT2D eigenvalue weighted by molar-refractivity contribution is 5.74. The molecule has 1 aromatic carbocycles. The zero-order chi connectivity index (χ0) is 16.4. The van der Waals surface area contributed by atoms with E-state index < -0.39 is 0 Å². The average molecular weight is 314 g/mol. The van der Waals surface area contributed by atoms with Crippen LogP contribution in [-0.2, 0) is 6.54 Å². The molecule has 3 aromatic heterocycles. The van der Waals surface area contributed by atoms with E-state index in [9.17, 15) is 0 Å². The third kappa shape index (κ3) is 2.74. The van der Waals surface area contributed by atoms with Crippen LogP contribution in [0.4, 0.5) is 5.82 Å². The second kappa shape index (κ2) is 6.16. The van der Waals surface area contributed by atoms with Gasteiger partial charge in [-0.2, -0.15) is 0 Å². The minimum Gasteiger partial charge on any atom is -0.365 e. The van der Waals surface area contributed by atoms with E-state index in [0.717, 1.165) is 29.4 Å². The first-order chi connectivity index (χ1) is 11.8. The van der Waals surface area contributed by atoms with Crippen LogP contribution in [0.3, 0.4) is 0 Å². The molecule has 0 aliphatic rings. The molecule has 0 saturated carbocycles. The van der Waals surface area contributed by atoms with Crippen LogP contribution in [0, 0.1) is 6.92 Å². The van der Waals surface area contributed by atoms with Crippen LogP contribution in [0.2, 0.25) is 0 Å². The fourth-order valence-electron chi connectivity index (χ4n) is 2.78. The Morgan fingerprint density at radius 2 is 1.79 bits per heavy atom. The van der Waals surface area contributed by atoms with Crippen LogP contribution < -0.4 is 5.32 Å². The normalized spacial score (nSPS) is 10.9. The molecule has 4 aromatic rings. The number of hydrogen-bond donors (Lipinski definition) is 1. The van der Waals surface area contributed by atoms with E-state index in [0.29, 0.717) is 0 Å². The van der Waals surface area contributed by atoms with Crippen LogP contribution in [0.25, 0.3) is 17.0 Å². The maximum absolute atomic E-state index is 4.77. The number of rotatable bonds is 4. The summed E-state index contributed by atoms with van der Waals surface area (Å²) in [5.74, 6) is 0.969. The Labute approximate surface area is 140 Å². The van der Waals surface area contributed by atoms with Gasteiger partial charge >= 0.3 is 0 Å². The average Bonchev–Trinajstić information content (AvgIpc) is 2.99. The van der Waals surface area contributed by atoms with Gasteiger partial charge in [0.2, 0.25) is 0 Å². The van der Waals surface area contributed by atoms with Crippen LogP contribution in [0.15, 0.2) is 73.1 Å². The van der Waals surface area contributed by atoms with E-state index in [1.165, 1.54) is 11.1 Å². The standard InChI is InChI=1S/C20H18N4/c1-15-10-11-18-23-19(17-9-5-6-12-21-17)20(24(18)14-15)22-13-16-7-3-2-4-8-16/h2-12,14,22H,13H2,1H3. The van der Waals surface area contributed by atoms with Gasteiger partial charge in [-0.1, -0.05) is 42.5 Å². The molecular formula is C20H18N4. The summed E-state index contributed by atoms with van der Waals surface area (Å²) in [5.41, 5.74) is 5.07. The Morgan fingerprint density at radius 1 is 0.958 bits per heavy atom. The predicted octanol–water partition coefficient (Wildman–Crippen LogP) is 4.32. The van der Waals surface area contributed by atoms with E-state index in [2.05, 4.69) is 58.2 Å². The fourth-order valence-corrected chi connectivity index (χ4v) is 2.78. The summed E-state index contributed by atoms with van der Waals surface area (Å²) in [6.07, 6.45) is 3.90. The molecular weight excluding hydrogens is 296 g/mol. The topological polar surface area (TPSA) is 42.2 Å². The van der Waals surface area contributed by atoms with Crippen LogP contribution in [-0.4, -0.2) is 14.4 Å². The van der Waals surface area contributed by atoms with E-state index in [1.807, 2.05) is 30.3 Å². The first-order valence-electron chi connectivity index (χ1n) is 7.99. The second-order valence-electron chi connectivity index (χ2n) is 5.80. The van der Waals surface area contributed by atoms with Crippen molar-refractivity contribution >= 4 is 11.5 Å². The Hall–Kier alpha value is -3.14. The Bertz CT molecular complexity index is 959. The number of pyridine rings is 2. The van der Waals surface area contributed by atoms with Crippen molar-refractivity contribution in [2.45, 2.75) is 13.5 Å². The minimum absolute atomic E-state index is 0.739. The second-order valence-corrected chi connectivity index (χ2v) is 5.80. The monoisotopic (exact) mass is 314 g/mol. The summed E-state index contributed by atoms with van der Waals surface area (Å²) in [4.78, 5) is 9.24. The van der Waals surface area contributed by atoms with Gasteiger partial charge in [-0.3, -0.25) is 9.38 Å². The Kier molecular flexibility index (Phi) is 3.71. The van der Waals surface area contributed by atoms with Crippen LogP contribution in [0.1, 0.15) is 11.1 Å². The molecule has 0 aliphatic heterocycles. The zero-order valence-electron chi connectivity index (χ0n) is 13.5. The first kappa shape index (κ1) is 14.5. The SMILES string of the molecule is Cc1ccc2nc(-c3ccccn3)c(NCc3ccccc3)n2c1. The molecule has 0 radical (unpaired) electrons. The molecule has 4 rings (SSSR count). The molecule has 0 amide bonds. The van der Waals surface area contributed by atoms with Crippen molar-refractivity contribution in [1.29, 1.82) is 0 Å². The number of imidazole rings is 1. The highest BCUT2D eigenvalue weighted by Crippen LogP contribution is 2.28. The minimum atomic E-state index is 0.739. The van der Waals surface area contributed by atoms with Gasteiger partial charge < -0.3 is 5.32 Å². The predicted molar refractivity (Wildman–Crippen MR) is 96.9 cm³/mol. The summed E-state index contributed by atoms with van der Waals surface area (Å²) < 4.78 is 2.10. The van der Waals surface area contributed by atoms with Crippen molar-refractivity contribution in [3.63, 3.8) is 0 Å². The largest absolute Gasteiger partial charge is 0.365 e. The lowest BCUT2D eigenvalue weighted by Crippen LogP contribution is -2.03. The van der Waals surface area contributed by atoms with Gasteiger partial charge in [0.1, 0.15) is 17.2 Å². The molecule has 4 heteroatoms. The van der Waals surface area contributed by atoms with Gasteiger partial charge in [-0.25, -0.2) is 4.98 Å². The van der Waals surface area contributed by atoms with Crippen molar-refractivity contribution < 1.29 is 0 Å².